The Morgan fingerprint density at radius 2 is 2.26 bits per heavy atom. The molecule has 23 heavy (non-hydrogen) atoms. The summed E-state index contributed by atoms with van der Waals surface area (Å²) in [7, 11) is 0. The van der Waals surface area contributed by atoms with Gasteiger partial charge in [0.25, 0.3) is 0 Å². The Hall–Kier alpha value is -1.99. The number of halogens is 1. The first-order chi connectivity index (χ1) is 11.2. The third kappa shape index (κ3) is 4.27. The van der Waals surface area contributed by atoms with Crippen LogP contribution < -0.4 is 21.2 Å². The van der Waals surface area contributed by atoms with Crippen LogP contribution in [-0.2, 0) is 0 Å². The minimum absolute atomic E-state index is 0.151. The molecule has 0 radical (unpaired) electrons. The number of alkyl halides is 1. The Morgan fingerprint density at radius 1 is 1.43 bits per heavy atom. The zero-order valence-electron chi connectivity index (χ0n) is 13.4. The molecule has 2 aliphatic rings. The molecule has 0 bridgehead atoms. The van der Waals surface area contributed by atoms with Gasteiger partial charge in [0.2, 0.25) is 0 Å². The molecule has 1 atom stereocenters. The summed E-state index contributed by atoms with van der Waals surface area (Å²) in [5.41, 5.74) is 2.65. The van der Waals surface area contributed by atoms with Gasteiger partial charge in [-0.25, -0.2) is 0 Å². The van der Waals surface area contributed by atoms with Crippen LogP contribution in [0.15, 0.2) is 56.3 Å². The third-order valence-corrected chi connectivity index (χ3v) is 4.78. The Balaban J connectivity index is 2.71. The van der Waals surface area contributed by atoms with E-state index >= 15 is 0 Å². The van der Waals surface area contributed by atoms with E-state index in [1.165, 1.54) is 0 Å². The van der Waals surface area contributed by atoms with Crippen molar-refractivity contribution in [3.63, 3.8) is 0 Å². The number of hydrogen-bond donors (Lipinski definition) is 0. The van der Waals surface area contributed by atoms with Crippen molar-refractivity contribution in [1.82, 2.24) is 0 Å². The maximum absolute atomic E-state index is 4.59. The zero-order valence-corrected chi connectivity index (χ0v) is 15.5. The molecule has 0 saturated carbocycles. The molecule has 6 nitrogen and oxygen atoms in total. The standard InChI is InChI=1S/C16H18IN6/c1-5-20-14-11(2)21-7-6-19-10-13-15(16(14)18-4)23-9-12(17-3)8-22-13/h5-7,9,11H,4,10H2,1-3H3/q-1/b16-14-,19-6?,20-5?,21-7?. The molecular weight excluding hydrogens is 403 g/mol. The first kappa shape index (κ1) is 17.4. The van der Waals surface area contributed by atoms with Crippen molar-refractivity contribution >= 4 is 37.4 Å². The number of hydrogen-bond acceptors (Lipinski definition) is 6. The predicted molar refractivity (Wildman–Crippen MR) is 94.4 cm³/mol. The van der Waals surface area contributed by atoms with Gasteiger partial charge in [-0.2, -0.15) is 0 Å². The summed E-state index contributed by atoms with van der Waals surface area (Å²) in [6, 6.07) is -0.182. The first-order valence-corrected chi connectivity index (χ1v) is 10.3. The van der Waals surface area contributed by atoms with Crippen LogP contribution in [0.25, 0.3) is 0 Å². The molecule has 0 N–H and O–H groups in total. The molecule has 0 amide bonds. The normalized spacial score (nSPS) is 24.8. The van der Waals surface area contributed by atoms with E-state index in [2.05, 4.69) is 47.5 Å². The SMILES string of the molecule is C=N/C1=C(\N=CC)C(C)N=CC=NCC2=C1N=CC([I-]C)=C=N2. The fraction of sp³-hybridized carbons (Fsp3) is 0.312. The van der Waals surface area contributed by atoms with Gasteiger partial charge in [0.1, 0.15) is 0 Å². The molecule has 0 spiro atoms. The second-order valence-electron chi connectivity index (χ2n) is 4.56. The van der Waals surface area contributed by atoms with Crippen molar-refractivity contribution in [2.24, 2.45) is 30.0 Å². The molecular formula is C16H18IN6-. The molecule has 120 valence electrons. The van der Waals surface area contributed by atoms with Gasteiger partial charge < -0.3 is 0 Å². The molecule has 2 aliphatic heterocycles. The summed E-state index contributed by atoms with van der Waals surface area (Å²) in [6.07, 6.45) is 6.87. The second kappa shape index (κ2) is 8.59. The van der Waals surface area contributed by atoms with Crippen molar-refractivity contribution in [3.05, 3.63) is 26.4 Å². The summed E-state index contributed by atoms with van der Waals surface area (Å²) in [6.45, 7) is 7.89. The minimum atomic E-state index is -0.182. The summed E-state index contributed by atoms with van der Waals surface area (Å²) in [5.74, 6) is 3.07. The molecule has 2 rings (SSSR count). The molecule has 7 heteroatoms. The molecule has 2 heterocycles. The fourth-order valence-corrected chi connectivity index (χ4v) is 2.78. The van der Waals surface area contributed by atoms with Crippen LogP contribution >= 0.6 is 0 Å². The summed E-state index contributed by atoms with van der Waals surface area (Å²) in [5, 5.41) is 0. The van der Waals surface area contributed by atoms with E-state index in [0.29, 0.717) is 29.3 Å². The first-order valence-electron chi connectivity index (χ1n) is 7.03. The van der Waals surface area contributed by atoms with Crippen molar-refractivity contribution in [2.45, 2.75) is 19.9 Å². The predicted octanol–water partition coefficient (Wildman–Crippen LogP) is -0.899. The molecule has 0 saturated heterocycles. The van der Waals surface area contributed by atoms with E-state index in [4.69, 9.17) is 0 Å². The van der Waals surface area contributed by atoms with Crippen LogP contribution in [0.5, 0.6) is 0 Å². The van der Waals surface area contributed by atoms with Crippen molar-refractivity contribution < 1.29 is 21.2 Å². The van der Waals surface area contributed by atoms with Gasteiger partial charge in [0, 0.05) is 0 Å². The average Bonchev–Trinajstić information content (AvgIpc) is 2.76. The number of nitrogens with zero attached hydrogens (tertiary/aromatic N) is 6. The summed E-state index contributed by atoms with van der Waals surface area (Å²) < 4.78 is 1.03. The van der Waals surface area contributed by atoms with Gasteiger partial charge in [0.05, 0.1) is 0 Å². The topological polar surface area (TPSA) is 74.2 Å². The Labute approximate surface area is 146 Å². The van der Waals surface area contributed by atoms with Gasteiger partial charge in [0.15, 0.2) is 0 Å². The summed E-state index contributed by atoms with van der Waals surface area (Å²) >= 11 is -0.151. The van der Waals surface area contributed by atoms with Crippen LogP contribution in [0, 0.1) is 0 Å². The number of aliphatic imine (C=N–C) groups is 6. The Kier molecular flexibility index (Phi) is 6.49. The summed E-state index contributed by atoms with van der Waals surface area (Å²) in [4.78, 5) is 28.5. The van der Waals surface area contributed by atoms with Crippen molar-refractivity contribution in [2.75, 3.05) is 11.5 Å². The monoisotopic (exact) mass is 421 g/mol. The van der Waals surface area contributed by atoms with E-state index in [0.717, 1.165) is 3.58 Å². The second-order valence-corrected chi connectivity index (χ2v) is 6.80. The van der Waals surface area contributed by atoms with Crippen molar-refractivity contribution in [1.29, 1.82) is 0 Å². The van der Waals surface area contributed by atoms with Crippen LogP contribution in [-0.4, -0.2) is 55.0 Å². The Bertz CT molecular complexity index is 730. The van der Waals surface area contributed by atoms with E-state index in [9.17, 15) is 0 Å². The molecule has 0 aromatic heterocycles. The van der Waals surface area contributed by atoms with Gasteiger partial charge in [-0.3, -0.25) is 0 Å². The fourth-order valence-electron chi connectivity index (χ4n) is 2.01. The van der Waals surface area contributed by atoms with Crippen LogP contribution in [0.3, 0.4) is 0 Å². The van der Waals surface area contributed by atoms with E-state index in [1.54, 1.807) is 24.9 Å². The third-order valence-electron chi connectivity index (χ3n) is 3.09. The van der Waals surface area contributed by atoms with E-state index in [-0.39, 0.29) is 27.2 Å². The van der Waals surface area contributed by atoms with E-state index in [1.807, 2.05) is 13.8 Å². The molecule has 0 aliphatic carbocycles. The van der Waals surface area contributed by atoms with E-state index < -0.39 is 0 Å². The number of rotatable bonds is 3. The van der Waals surface area contributed by atoms with Crippen LogP contribution in [0.1, 0.15) is 13.8 Å². The molecule has 0 fully saturated rings. The van der Waals surface area contributed by atoms with Gasteiger partial charge in [-0.05, 0) is 0 Å². The van der Waals surface area contributed by atoms with Gasteiger partial charge in [-0.1, -0.05) is 0 Å². The Morgan fingerprint density at radius 3 is 2.96 bits per heavy atom. The molecule has 1 unspecified atom stereocenters. The number of allylic oxidation sites excluding steroid dienone is 1. The molecule has 0 aromatic rings. The zero-order chi connectivity index (χ0) is 16.7. The van der Waals surface area contributed by atoms with Crippen LogP contribution in [0.2, 0.25) is 0 Å². The van der Waals surface area contributed by atoms with Crippen LogP contribution in [0.4, 0.5) is 0 Å². The maximum atomic E-state index is 4.59. The quantitative estimate of drug-likeness (QED) is 0.322. The van der Waals surface area contributed by atoms with Gasteiger partial charge in [-0.15, -0.1) is 0 Å². The van der Waals surface area contributed by atoms with Gasteiger partial charge >= 0.3 is 146 Å². The van der Waals surface area contributed by atoms with Crippen molar-refractivity contribution in [3.8, 4) is 0 Å². The average molecular weight is 421 g/mol. The molecule has 0 aromatic carbocycles.